The molecule has 0 saturated heterocycles. The quantitative estimate of drug-likeness (QED) is 0.188. The zero-order valence-corrected chi connectivity index (χ0v) is 25.8. The number of nitrogens with one attached hydrogen (secondary N) is 1. The van der Waals surface area contributed by atoms with Crippen molar-refractivity contribution in [1.82, 2.24) is 5.32 Å². The van der Waals surface area contributed by atoms with Gasteiger partial charge >= 0.3 is 12.1 Å². The van der Waals surface area contributed by atoms with E-state index in [9.17, 15) is 24.6 Å². The van der Waals surface area contributed by atoms with E-state index in [1.54, 1.807) is 42.6 Å². The number of ether oxygens (including phenoxy) is 2. The molecule has 9 nitrogen and oxygen atoms in total. The van der Waals surface area contributed by atoms with Crippen molar-refractivity contribution in [3.8, 4) is 0 Å². The first-order chi connectivity index (χ1) is 21.0. The monoisotopic (exact) mass is 606 g/mol. The van der Waals surface area contributed by atoms with E-state index in [1.165, 1.54) is 18.2 Å². The number of hydrogen-bond donors (Lipinski definition) is 4. The summed E-state index contributed by atoms with van der Waals surface area (Å²) in [6.45, 7) is 5.84. The number of aliphatic hydroxyl groups excluding tert-OH is 2. The van der Waals surface area contributed by atoms with E-state index in [4.69, 9.17) is 15.2 Å². The predicted octanol–water partition coefficient (Wildman–Crippen LogP) is 5.58. The highest BCUT2D eigenvalue weighted by atomic mass is 16.6. The first-order valence-electron chi connectivity index (χ1n) is 15.0. The Labute approximate surface area is 260 Å². The van der Waals surface area contributed by atoms with Crippen molar-refractivity contribution >= 4 is 18.0 Å². The molecule has 1 aromatic carbocycles. The maximum absolute atomic E-state index is 12.7. The molecule has 1 aromatic rings. The Morgan fingerprint density at radius 2 is 1.86 bits per heavy atom. The summed E-state index contributed by atoms with van der Waals surface area (Å²) in [6.07, 6.45) is 15.8. The summed E-state index contributed by atoms with van der Waals surface area (Å²) in [4.78, 5) is 36.3. The third-order valence-electron chi connectivity index (χ3n) is 6.94. The zero-order chi connectivity index (χ0) is 32.3. The van der Waals surface area contributed by atoms with Crippen molar-refractivity contribution in [2.24, 2.45) is 11.7 Å². The molecule has 0 aliphatic carbocycles. The smallest absolute Gasteiger partial charge is 0.404 e. The summed E-state index contributed by atoms with van der Waals surface area (Å²) in [6, 6.07) is 8.94. The predicted molar refractivity (Wildman–Crippen MR) is 171 cm³/mol. The van der Waals surface area contributed by atoms with Crippen LogP contribution in [0.15, 0.2) is 102 Å². The van der Waals surface area contributed by atoms with Crippen molar-refractivity contribution in [2.75, 3.05) is 0 Å². The van der Waals surface area contributed by atoms with Gasteiger partial charge in [-0.1, -0.05) is 78.8 Å². The number of carbonyl (C=O) groups is 3. The lowest BCUT2D eigenvalue weighted by Gasteiger charge is -2.22. The molecular weight excluding hydrogens is 560 g/mol. The lowest BCUT2D eigenvalue weighted by Crippen LogP contribution is -2.32. The van der Waals surface area contributed by atoms with Gasteiger partial charge in [0, 0.05) is 30.2 Å². The van der Waals surface area contributed by atoms with Crippen LogP contribution in [-0.4, -0.2) is 52.6 Å². The third-order valence-corrected chi connectivity index (χ3v) is 6.94. The Bertz CT molecular complexity index is 1250. The molecule has 0 aromatic heterocycles. The van der Waals surface area contributed by atoms with Gasteiger partial charge in [-0.15, -0.1) is 0 Å². The Hall–Kier alpha value is -4.21. The van der Waals surface area contributed by atoms with Crippen LogP contribution in [0, 0.1) is 5.92 Å². The standard InChI is InChI=1S/C35H46N2O7/c1-25-13-7-4-11-17-31(44-35(36)42)30(39)20-19-29(38)16-10-6-12-18-33(40)43-32(24-25)27(3)23-26(2)21-22-37-34(41)28-14-8-5-9-15-28/h4-5,7-9,12-15,18-23,27,29-32,38-39H,6,10-11,16-17,24H2,1-3H3,(H2,36,42)(H,37,41)/b7-4+,18-12+,20-19+,22-21+,25-13+,26-23+/t27-,29+,30+,31+,32-/m1/s1. The van der Waals surface area contributed by atoms with Gasteiger partial charge < -0.3 is 30.7 Å². The Morgan fingerprint density at radius 3 is 2.59 bits per heavy atom. The normalized spacial score (nSPS) is 27.2. The van der Waals surface area contributed by atoms with Gasteiger partial charge in [-0.2, -0.15) is 0 Å². The van der Waals surface area contributed by atoms with Crippen LogP contribution in [-0.2, 0) is 14.3 Å². The first kappa shape index (κ1) is 36.0. The van der Waals surface area contributed by atoms with Crippen LogP contribution in [0.1, 0.15) is 69.7 Å². The molecule has 5 N–H and O–H groups in total. The van der Waals surface area contributed by atoms with Crippen LogP contribution in [0.5, 0.6) is 0 Å². The minimum absolute atomic E-state index is 0.137. The summed E-state index contributed by atoms with van der Waals surface area (Å²) in [5, 5.41) is 23.5. The van der Waals surface area contributed by atoms with Crippen molar-refractivity contribution < 1.29 is 34.1 Å². The zero-order valence-electron chi connectivity index (χ0n) is 25.8. The molecule has 1 aliphatic rings. The molecular formula is C35H46N2O7. The number of amides is 2. The second kappa shape index (κ2) is 19.9. The van der Waals surface area contributed by atoms with Gasteiger partial charge in [0.2, 0.25) is 0 Å². The molecule has 9 heteroatoms. The second-order valence-electron chi connectivity index (χ2n) is 10.9. The van der Waals surface area contributed by atoms with Gasteiger partial charge in [0.1, 0.15) is 18.3 Å². The fourth-order valence-corrected chi connectivity index (χ4v) is 4.53. The molecule has 0 unspecified atom stereocenters. The Morgan fingerprint density at radius 1 is 1.11 bits per heavy atom. The fraction of sp³-hybridized carbons (Fsp3) is 0.400. The SMILES string of the molecule is CC(/C=C/NC(=O)c1ccccc1)=C\[C@@H](C)[C@H]1C/C(C)=C/C=C/CC[C@H](OC(N)=O)[C@@H](O)/C=C/[C@@H](O)CCC/C=C/C(=O)O1. The highest BCUT2D eigenvalue weighted by Crippen LogP contribution is 2.21. The van der Waals surface area contributed by atoms with Gasteiger partial charge in [-0.05, 0) is 64.2 Å². The largest absolute Gasteiger partial charge is 0.458 e. The number of primary amides is 1. The summed E-state index contributed by atoms with van der Waals surface area (Å²) in [5.41, 5.74) is 7.64. The van der Waals surface area contributed by atoms with Crippen LogP contribution in [0.2, 0.25) is 0 Å². The molecule has 0 spiro atoms. The molecule has 5 atom stereocenters. The van der Waals surface area contributed by atoms with E-state index in [1.807, 2.05) is 51.1 Å². The van der Waals surface area contributed by atoms with Crippen molar-refractivity contribution in [3.63, 3.8) is 0 Å². The molecule has 1 aliphatic heterocycles. The first-order valence-corrected chi connectivity index (χ1v) is 15.0. The van der Waals surface area contributed by atoms with Crippen molar-refractivity contribution in [1.29, 1.82) is 0 Å². The topological polar surface area (TPSA) is 148 Å². The average molecular weight is 607 g/mol. The van der Waals surface area contributed by atoms with Crippen molar-refractivity contribution in [3.05, 3.63) is 108 Å². The highest BCUT2D eigenvalue weighted by molar-refractivity contribution is 5.94. The molecule has 0 fully saturated rings. The molecule has 44 heavy (non-hydrogen) atoms. The molecule has 1 heterocycles. The molecule has 0 bridgehead atoms. The third kappa shape index (κ3) is 14.8. The van der Waals surface area contributed by atoms with E-state index >= 15 is 0 Å². The summed E-state index contributed by atoms with van der Waals surface area (Å²) in [5.74, 6) is -0.784. The maximum atomic E-state index is 12.7. The number of cyclic esters (lactones) is 1. The number of esters is 1. The van der Waals surface area contributed by atoms with E-state index < -0.39 is 36.5 Å². The number of nitrogens with two attached hydrogens (primary N) is 1. The molecule has 2 rings (SSSR count). The van der Waals surface area contributed by atoms with Crippen LogP contribution in [0.4, 0.5) is 4.79 Å². The highest BCUT2D eigenvalue weighted by Gasteiger charge is 2.21. The lowest BCUT2D eigenvalue weighted by molar-refractivity contribution is -0.144. The summed E-state index contributed by atoms with van der Waals surface area (Å²) >= 11 is 0. The van der Waals surface area contributed by atoms with Gasteiger partial charge in [0.05, 0.1) is 6.10 Å². The van der Waals surface area contributed by atoms with E-state index in [2.05, 4.69) is 5.32 Å². The van der Waals surface area contributed by atoms with Crippen LogP contribution in [0.25, 0.3) is 0 Å². The molecule has 2 amide bonds. The number of hydrogen-bond acceptors (Lipinski definition) is 7. The average Bonchev–Trinajstić information content (AvgIpc) is 2.98. The number of allylic oxidation sites excluding steroid dienone is 6. The number of aliphatic hydroxyl groups is 2. The molecule has 0 radical (unpaired) electrons. The number of rotatable bonds is 6. The number of benzene rings is 1. The summed E-state index contributed by atoms with van der Waals surface area (Å²) < 4.78 is 11.0. The van der Waals surface area contributed by atoms with Gasteiger partial charge in [-0.3, -0.25) is 4.79 Å². The molecule has 0 saturated carbocycles. The van der Waals surface area contributed by atoms with E-state index in [-0.39, 0.29) is 11.8 Å². The molecule has 238 valence electrons. The Balaban J connectivity index is 2.16. The fourth-order valence-electron chi connectivity index (χ4n) is 4.53. The maximum Gasteiger partial charge on any atom is 0.404 e. The van der Waals surface area contributed by atoms with Crippen LogP contribution in [0.3, 0.4) is 0 Å². The second-order valence-corrected chi connectivity index (χ2v) is 10.9. The van der Waals surface area contributed by atoms with Crippen LogP contribution < -0.4 is 11.1 Å². The van der Waals surface area contributed by atoms with Gasteiger partial charge in [0.25, 0.3) is 5.91 Å². The van der Waals surface area contributed by atoms with E-state index in [0.29, 0.717) is 44.1 Å². The summed E-state index contributed by atoms with van der Waals surface area (Å²) in [7, 11) is 0. The minimum Gasteiger partial charge on any atom is -0.458 e. The lowest BCUT2D eigenvalue weighted by atomic mass is 9.95. The number of carbonyl (C=O) groups excluding carboxylic acids is 3. The van der Waals surface area contributed by atoms with Gasteiger partial charge in [-0.25, -0.2) is 9.59 Å². The van der Waals surface area contributed by atoms with Crippen molar-refractivity contribution in [2.45, 2.75) is 83.7 Å². The van der Waals surface area contributed by atoms with E-state index in [0.717, 1.165) is 11.1 Å². The Kier molecular flexibility index (Phi) is 16.3. The minimum atomic E-state index is -1.11. The van der Waals surface area contributed by atoms with Gasteiger partial charge in [0.15, 0.2) is 0 Å². The van der Waals surface area contributed by atoms with Crippen LogP contribution >= 0.6 is 0 Å².